The number of hydrogen-bond acceptors (Lipinski definition) is 4. The van der Waals surface area contributed by atoms with Crippen molar-refractivity contribution in [1.29, 1.82) is 0 Å². The highest BCUT2D eigenvalue weighted by atomic mass is 32.2. The van der Waals surface area contributed by atoms with Crippen molar-refractivity contribution in [2.75, 3.05) is 0 Å². The van der Waals surface area contributed by atoms with Gasteiger partial charge in [0.25, 0.3) is 0 Å². The predicted molar refractivity (Wildman–Crippen MR) is 78.9 cm³/mol. The number of carboxylic acid groups (broad SMARTS) is 1. The number of rotatable bonds is 7. The van der Waals surface area contributed by atoms with Crippen molar-refractivity contribution in [3.63, 3.8) is 0 Å². The maximum Gasteiger partial charge on any atom is 0.339 e. The molecule has 0 fully saturated rings. The summed E-state index contributed by atoms with van der Waals surface area (Å²) in [7, 11) is -3.80. The fourth-order valence-electron chi connectivity index (χ4n) is 1.83. The lowest BCUT2D eigenvalue weighted by Crippen LogP contribution is -2.32. The summed E-state index contributed by atoms with van der Waals surface area (Å²) in [5.74, 6) is -1.36. The maximum absolute atomic E-state index is 12.2. The summed E-state index contributed by atoms with van der Waals surface area (Å²) in [6.45, 7) is 5.87. The number of benzene rings is 1. The summed E-state index contributed by atoms with van der Waals surface area (Å²) in [5, 5.41) is 18.3. The molecule has 7 heteroatoms. The van der Waals surface area contributed by atoms with Crippen molar-refractivity contribution >= 4 is 16.0 Å². The fourth-order valence-corrected chi connectivity index (χ4v) is 3.13. The van der Waals surface area contributed by atoms with Gasteiger partial charge >= 0.3 is 5.97 Å². The van der Waals surface area contributed by atoms with Gasteiger partial charge in [-0.2, -0.15) is 0 Å². The zero-order valence-electron chi connectivity index (χ0n) is 12.3. The SMILES string of the molecule is CC(C)CCC(C)NS(=O)(=O)c1ccc(O)c(C(=O)O)c1. The molecule has 1 aromatic carbocycles. The van der Waals surface area contributed by atoms with Gasteiger partial charge in [-0.3, -0.25) is 0 Å². The largest absolute Gasteiger partial charge is 0.507 e. The van der Waals surface area contributed by atoms with E-state index in [9.17, 15) is 18.3 Å². The number of nitrogens with one attached hydrogen (secondary N) is 1. The normalized spacial score (nSPS) is 13.3. The molecular weight excluding hydrogens is 294 g/mol. The van der Waals surface area contributed by atoms with Crippen LogP contribution < -0.4 is 4.72 Å². The first-order chi connectivity index (χ1) is 9.63. The van der Waals surface area contributed by atoms with E-state index in [4.69, 9.17) is 5.11 Å². The lowest BCUT2D eigenvalue weighted by molar-refractivity contribution is 0.0693. The van der Waals surface area contributed by atoms with E-state index >= 15 is 0 Å². The Kier molecular flexibility index (Phi) is 5.74. The molecule has 0 aliphatic heterocycles. The Balaban J connectivity index is 2.93. The van der Waals surface area contributed by atoms with Gasteiger partial charge in [-0.25, -0.2) is 17.9 Å². The van der Waals surface area contributed by atoms with E-state index < -0.39 is 27.3 Å². The molecule has 1 atom stereocenters. The van der Waals surface area contributed by atoms with E-state index in [1.807, 2.05) is 0 Å². The summed E-state index contributed by atoms with van der Waals surface area (Å²) in [4.78, 5) is 10.8. The molecule has 0 bridgehead atoms. The van der Waals surface area contributed by atoms with Gasteiger partial charge in [-0.15, -0.1) is 0 Å². The molecule has 118 valence electrons. The molecule has 3 N–H and O–H groups in total. The molecule has 0 saturated carbocycles. The van der Waals surface area contributed by atoms with Crippen LogP contribution in [0.1, 0.15) is 44.0 Å². The average Bonchev–Trinajstić information content (AvgIpc) is 2.35. The molecule has 0 saturated heterocycles. The van der Waals surface area contributed by atoms with E-state index in [1.54, 1.807) is 6.92 Å². The predicted octanol–water partition coefficient (Wildman–Crippen LogP) is 2.19. The second-order valence-corrected chi connectivity index (χ2v) is 7.19. The minimum absolute atomic E-state index is 0.172. The Labute approximate surface area is 124 Å². The lowest BCUT2D eigenvalue weighted by Gasteiger charge is -2.15. The van der Waals surface area contributed by atoms with Gasteiger partial charge in [0, 0.05) is 6.04 Å². The highest BCUT2D eigenvalue weighted by molar-refractivity contribution is 7.89. The van der Waals surface area contributed by atoms with Crippen LogP contribution in [0.5, 0.6) is 5.75 Å². The highest BCUT2D eigenvalue weighted by Gasteiger charge is 2.20. The molecule has 21 heavy (non-hydrogen) atoms. The summed E-state index contributed by atoms with van der Waals surface area (Å²) in [6, 6.07) is 2.95. The third kappa shape index (κ3) is 5.02. The Morgan fingerprint density at radius 2 is 1.86 bits per heavy atom. The first kappa shape index (κ1) is 17.5. The zero-order valence-corrected chi connectivity index (χ0v) is 13.1. The molecule has 6 nitrogen and oxygen atoms in total. The molecule has 0 spiro atoms. The lowest BCUT2D eigenvalue weighted by atomic mass is 10.1. The molecular formula is C14H21NO5S. The molecule has 0 aromatic heterocycles. The van der Waals surface area contributed by atoms with E-state index in [2.05, 4.69) is 18.6 Å². The molecule has 0 radical (unpaired) electrons. The Morgan fingerprint density at radius 1 is 1.24 bits per heavy atom. The monoisotopic (exact) mass is 315 g/mol. The number of sulfonamides is 1. The molecule has 0 amide bonds. The smallest absolute Gasteiger partial charge is 0.339 e. The highest BCUT2D eigenvalue weighted by Crippen LogP contribution is 2.21. The number of aromatic carboxylic acids is 1. The number of hydrogen-bond donors (Lipinski definition) is 3. The van der Waals surface area contributed by atoms with Gasteiger partial charge in [-0.1, -0.05) is 13.8 Å². The molecule has 0 aliphatic carbocycles. The van der Waals surface area contributed by atoms with Gasteiger partial charge in [-0.05, 0) is 43.9 Å². The van der Waals surface area contributed by atoms with Crippen molar-refractivity contribution in [1.82, 2.24) is 4.72 Å². The number of phenols is 1. The number of aromatic hydroxyl groups is 1. The van der Waals surface area contributed by atoms with Crippen LogP contribution in [0.2, 0.25) is 0 Å². The Morgan fingerprint density at radius 3 is 2.38 bits per heavy atom. The Hall–Kier alpha value is -1.60. The topological polar surface area (TPSA) is 104 Å². The second kappa shape index (κ2) is 6.91. The van der Waals surface area contributed by atoms with E-state index in [0.717, 1.165) is 18.6 Å². The van der Waals surface area contributed by atoms with Crippen molar-refractivity contribution in [3.05, 3.63) is 23.8 Å². The van der Waals surface area contributed by atoms with E-state index in [0.29, 0.717) is 12.3 Å². The van der Waals surface area contributed by atoms with E-state index in [-0.39, 0.29) is 10.9 Å². The average molecular weight is 315 g/mol. The van der Waals surface area contributed by atoms with Crippen molar-refractivity contribution in [2.45, 2.75) is 44.6 Å². The summed E-state index contributed by atoms with van der Waals surface area (Å²) >= 11 is 0. The van der Waals surface area contributed by atoms with E-state index in [1.165, 1.54) is 6.07 Å². The fraction of sp³-hybridized carbons (Fsp3) is 0.500. The van der Waals surface area contributed by atoms with Gasteiger partial charge < -0.3 is 10.2 Å². The van der Waals surface area contributed by atoms with Crippen molar-refractivity contribution in [2.24, 2.45) is 5.92 Å². The maximum atomic E-state index is 12.2. The van der Waals surface area contributed by atoms with Crippen LogP contribution >= 0.6 is 0 Å². The van der Waals surface area contributed by atoms with Crippen LogP contribution in [-0.2, 0) is 10.0 Å². The van der Waals surface area contributed by atoms with Crippen LogP contribution in [-0.4, -0.2) is 30.6 Å². The molecule has 0 aliphatic rings. The molecule has 0 heterocycles. The summed E-state index contributed by atoms with van der Waals surface area (Å²) in [5.41, 5.74) is -0.437. The van der Waals surface area contributed by atoms with Crippen LogP contribution in [0.3, 0.4) is 0 Å². The van der Waals surface area contributed by atoms with Crippen LogP contribution in [0.25, 0.3) is 0 Å². The molecule has 1 rings (SSSR count). The van der Waals surface area contributed by atoms with Gasteiger partial charge in [0.15, 0.2) is 0 Å². The minimum Gasteiger partial charge on any atom is -0.507 e. The standard InChI is InChI=1S/C14H21NO5S/c1-9(2)4-5-10(3)15-21(19,20)11-6-7-13(16)12(8-11)14(17)18/h6-10,15-16H,4-5H2,1-3H3,(H,17,18). The molecule has 1 aromatic rings. The summed E-state index contributed by atoms with van der Waals surface area (Å²) in [6.07, 6.45) is 1.58. The quantitative estimate of drug-likeness (QED) is 0.715. The first-order valence-corrected chi connectivity index (χ1v) is 8.20. The van der Waals surface area contributed by atoms with Crippen LogP contribution in [0.15, 0.2) is 23.1 Å². The second-order valence-electron chi connectivity index (χ2n) is 5.48. The Bertz CT molecular complexity index is 610. The molecule has 1 unspecified atom stereocenters. The van der Waals surface area contributed by atoms with Gasteiger partial charge in [0.2, 0.25) is 10.0 Å². The zero-order chi connectivity index (χ0) is 16.2. The van der Waals surface area contributed by atoms with Crippen molar-refractivity contribution < 1.29 is 23.4 Å². The number of carbonyl (C=O) groups is 1. The third-order valence-electron chi connectivity index (χ3n) is 3.04. The minimum atomic E-state index is -3.80. The van der Waals surface area contributed by atoms with Crippen LogP contribution in [0, 0.1) is 5.92 Å². The van der Waals surface area contributed by atoms with Gasteiger partial charge in [0.1, 0.15) is 11.3 Å². The number of carboxylic acids is 1. The first-order valence-electron chi connectivity index (χ1n) is 6.72. The van der Waals surface area contributed by atoms with Crippen LogP contribution in [0.4, 0.5) is 0 Å². The third-order valence-corrected chi connectivity index (χ3v) is 4.63. The van der Waals surface area contributed by atoms with Crippen molar-refractivity contribution in [3.8, 4) is 5.75 Å². The summed E-state index contributed by atoms with van der Waals surface area (Å²) < 4.78 is 26.9. The van der Waals surface area contributed by atoms with Gasteiger partial charge in [0.05, 0.1) is 4.90 Å².